The van der Waals surface area contributed by atoms with Gasteiger partial charge in [-0.3, -0.25) is 10.1 Å². The summed E-state index contributed by atoms with van der Waals surface area (Å²) < 4.78 is 6.80. The average Bonchev–Trinajstić information content (AvgIpc) is 3.16. The van der Waals surface area contributed by atoms with Gasteiger partial charge in [-0.1, -0.05) is 48.5 Å². The van der Waals surface area contributed by atoms with Gasteiger partial charge in [0.1, 0.15) is 0 Å². The molecule has 4 rings (SSSR count). The van der Waals surface area contributed by atoms with Crippen molar-refractivity contribution in [1.82, 2.24) is 9.55 Å². The highest BCUT2D eigenvalue weighted by molar-refractivity contribution is 6.04. The summed E-state index contributed by atoms with van der Waals surface area (Å²) in [6.45, 7) is 0.674. The summed E-state index contributed by atoms with van der Waals surface area (Å²) in [6.07, 6.45) is 1.79. The van der Waals surface area contributed by atoms with E-state index in [0.29, 0.717) is 29.1 Å². The van der Waals surface area contributed by atoms with Crippen molar-refractivity contribution in [2.24, 2.45) is 0 Å². The minimum Gasteiger partial charge on any atom is -0.465 e. The standard InChI is InChI=1S/C25H23N3O3/c1-31-24(30)20-14-15-22-21(17-20)26-25(27-23(29)19-12-6-3-7-13-19)28(22)16-8-11-18-9-4-2-5-10-18/h2-7,9-10,12-15,17H,8,11,16H2,1H3,(H,26,27,29). The number of hydrogen-bond donors (Lipinski definition) is 1. The number of fused-ring (bicyclic) bond motifs is 1. The van der Waals surface area contributed by atoms with Crippen LogP contribution in [0.2, 0.25) is 0 Å². The molecule has 156 valence electrons. The molecule has 0 aliphatic carbocycles. The van der Waals surface area contributed by atoms with Crippen LogP contribution in [0.25, 0.3) is 11.0 Å². The molecule has 1 heterocycles. The van der Waals surface area contributed by atoms with Crippen LogP contribution < -0.4 is 5.32 Å². The molecule has 0 aliphatic heterocycles. The maximum atomic E-state index is 12.7. The molecule has 0 saturated carbocycles. The molecule has 6 heteroatoms. The molecule has 1 amide bonds. The number of methoxy groups -OCH3 is 1. The zero-order chi connectivity index (χ0) is 21.6. The smallest absolute Gasteiger partial charge is 0.337 e. The number of aryl methyl sites for hydroxylation is 2. The Hall–Kier alpha value is -3.93. The third-order valence-corrected chi connectivity index (χ3v) is 5.12. The molecule has 4 aromatic rings. The Kier molecular flexibility index (Phi) is 6.08. The van der Waals surface area contributed by atoms with Crippen LogP contribution >= 0.6 is 0 Å². The van der Waals surface area contributed by atoms with Crippen molar-refractivity contribution in [3.8, 4) is 0 Å². The Balaban J connectivity index is 1.63. The van der Waals surface area contributed by atoms with E-state index < -0.39 is 5.97 Å². The molecule has 0 aliphatic rings. The number of amides is 1. The largest absolute Gasteiger partial charge is 0.465 e. The first-order valence-electron chi connectivity index (χ1n) is 10.1. The number of hydrogen-bond acceptors (Lipinski definition) is 4. The highest BCUT2D eigenvalue weighted by Crippen LogP contribution is 2.23. The number of carbonyl (C=O) groups excluding carboxylic acids is 2. The number of imidazole rings is 1. The van der Waals surface area contributed by atoms with Gasteiger partial charge in [-0.25, -0.2) is 9.78 Å². The van der Waals surface area contributed by atoms with Crippen molar-refractivity contribution in [2.45, 2.75) is 19.4 Å². The summed E-state index contributed by atoms with van der Waals surface area (Å²) >= 11 is 0. The topological polar surface area (TPSA) is 73.2 Å². The maximum Gasteiger partial charge on any atom is 0.337 e. The van der Waals surface area contributed by atoms with Gasteiger partial charge in [-0.2, -0.15) is 0 Å². The zero-order valence-electron chi connectivity index (χ0n) is 17.2. The first-order valence-corrected chi connectivity index (χ1v) is 10.1. The molecule has 0 bridgehead atoms. The Morgan fingerprint density at radius 1 is 0.935 bits per heavy atom. The molecule has 0 radical (unpaired) electrons. The van der Waals surface area contributed by atoms with E-state index in [1.165, 1.54) is 12.7 Å². The van der Waals surface area contributed by atoms with E-state index in [0.717, 1.165) is 18.4 Å². The highest BCUT2D eigenvalue weighted by atomic mass is 16.5. The lowest BCUT2D eigenvalue weighted by Gasteiger charge is -2.10. The van der Waals surface area contributed by atoms with E-state index in [-0.39, 0.29) is 5.91 Å². The van der Waals surface area contributed by atoms with Crippen molar-refractivity contribution in [1.29, 1.82) is 0 Å². The number of nitrogens with zero attached hydrogens (tertiary/aromatic N) is 2. The minimum atomic E-state index is -0.421. The number of aromatic nitrogens is 2. The lowest BCUT2D eigenvalue weighted by molar-refractivity contribution is 0.0600. The van der Waals surface area contributed by atoms with Crippen molar-refractivity contribution < 1.29 is 14.3 Å². The predicted molar refractivity (Wildman–Crippen MR) is 120 cm³/mol. The van der Waals surface area contributed by atoms with Crippen molar-refractivity contribution in [3.05, 3.63) is 95.6 Å². The van der Waals surface area contributed by atoms with Crippen molar-refractivity contribution >= 4 is 28.9 Å². The first-order chi connectivity index (χ1) is 15.2. The van der Waals surface area contributed by atoms with Gasteiger partial charge in [0.2, 0.25) is 5.95 Å². The molecule has 31 heavy (non-hydrogen) atoms. The summed E-state index contributed by atoms with van der Waals surface area (Å²) in [4.78, 5) is 29.2. The van der Waals surface area contributed by atoms with Crippen LogP contribution in [0.5, 0.6) is 0 Å². The SMILES string of the molecule is COC(=O)c1ccc2c(c1)nc(NC(=O)c1ccccc1)n2CCCc1ccccc1. The molecule has 3 aromatic carbocycles. The summed E-state index contributed by atoms with van der Waals surface area (Å²) in [6, 6.07) is 24.5. The fraction of sp³-hybridized carbons (Fsp3) is 0.160. The van der Waals surface area contributed by atoms with Crippen LogP contribution in [0.15, 0.2) is 78.9 Å². The number of carbonyl (C=O) groups is 2. The van der Waals surface area contributed by atoms with E-state index in [4.69, 9.17) is 4.74 Å². The molecular formula is C25H23N3O3. The molecule has 0 fully saturated rings. The Bertz CT molecular complexity index is 1200. The van der Waals surface area contributed by atoms with E-state index in [1.807, 2.05) is 47.0 Å². The Morgan fingerprint density at radius 2 is 1.65 bits per heavy atom. The third-order valence-electron chi connectivity index (χ3n) is 5.12. The van der Waals surface area contributed by atoms with E-state index >= 15 is 0 Å². The maximum absolute atomic E-state index is 12.7. The molecule has 0 unspecified atom stereocenters. The van der Waals surface area contributed by atoms with Gasteiger partial charge < -0.3 is 9.30 Å². The van der Waals surface area contributed by atoms with Crippen LogP contribution in [-0.4, -0.2) is 28.5 Å². The second-order valence-electron chi connectivity index (χ2n) is 7.19. The summed E-state index contributed by atoms with van der Waals surface area (Å²) in [5, 5.41) is 2.92. The van der Waals surface area contributed by atoms with Gasteiger partial charge in [0.25, 0.3) is 5.91 Å². The predicted octanol–water partition coefficient (Wildman–Crippen LogP) is 4.71. The van der Waals surface area contributed by atoms with Crippen molar-refractivity contribution in [3.63, 3.8) is 0 Å². The zero-order valence-corrected chi connectivity index (χ0v) is 17.2. The first kappa shape index (κ1) is 20.3. The van der Waals surface area contributed by atoms with Gasteiger partial charge >= 0.3 is 5.97 Å². The monoisotopic (exact) mass is 413 g/mol. The molecule has 0 saturated heterocycles. The molecular weight excluding hydrogens is 390 g/mol. The normalized spacial score (nSPS) is 10.7. The van der Waals surface area contributed by atoms with E-state index in [2.05, 4.69) is 22.4 Å². The summed E-state index contributed by atoms with van der Waals surface area (Å²) in [5.41, 5.74) is 3.72. The van der Waals surface area contributed by atoms with Gasteiger partial charge in [0.15, 0.2) is 0 Å². The average molecular weight is 413 g/mol. The third kappa shape index (κ3) is 4.64. The van der Waals surface area contributed by atoms with Crippen LogP contribution in [0, 0.1) is 0 Å². The van der Waals surface area contributed by atoms with E-state index in [9.17, 15) is 9.59 Å². The Morgan fingerprint density at radius 3 is 2.35 bits per heavy atom. The second kappa shape index (κ2) is 9.26. The van der Waals surface area contributed by atoms with Gasteiger partial charge in [-0.15, -0.1) is 0 Å². The number of ether oxygens (including phenoxy) is 1. The number of anilines is 1. The quantitative estimate of drug-likeness (QED) is 0.446. The van der Waals surface area contributed by atoms with Gasteiger partial charge in [0, 0.05) is 12.1 Å². The van der Waals surface area contributed by atoms with Gasteiger partial charge in [0.05, 0.1) is 23.7 Å². The molecule has 6 nitrogen and oxygen atoms in total. The van der Waals surface area contributed by atoms with Crippen LogP contribution in [0.3, 0.4) is 0 Å². The van der Waals surface area contributed by atoms with Crippen molar-refractivity contribution in [2.75, 3.05) is 12.4 Å². The lowest BCUT2D eigenvalue weighted by atomic mass is 10.1. The van der Waals surface area contributed by atoms with Crippen LogP contribution in [0.4, 0.5) is 5.95 Å². The van der Waals surface area contributed by atoms with Crippen LogP contribution in [-0.2, 0) is 17.7 Å². The fourth-order valence-corrected chi connectivity index (χ4v) is 3.55. The highest BCUT2D eigenvalue weighted by Gasteiger charge is 2.16. The van der Waals surface area contributed by atoms with Gasteiger partial charge in [-0.05, 0) is 48.7 Å². The summed E-state index contributed by atoms with van der Waals surface area (Å²) in [5.74, 6) is -0.192. The molecule has 0 spiro atoms. The lowest BCUT2D eigenvalue weighted by Crippen LogP contribution is -2.16. The Labute approximate surface area is 180 Å². The summed E-state index contributed by atoms with van der Waals surface area (Å²) in [7, 11) is 1.35. The minimum absolute atomic E-state index is 0.228. The van der Waals surface area contributed by atoms with Crippen LogP contribution in [0.1, 0.15) is 32.7 Å². The van der Waals surface area contributed by atoms with E-state index in [1.54, 1.807) is 24.3 Å². The number of esters is 1. The molecule has 1 aromatic heterocycles. The number of rotatable bonds is 7. The molecule has 1 N–H and O–H groups in total. The molecule has 0 atom stereocenters. The second-order valence-corrected chi connectivity index (χ2v) is 7.19. The fourth-order valence-electron chi connectivity index (χ4n) is 3.55. The number of benzene rings is 3. The number of nitrogens with one attached hydrogen (secondary N) is 1.